The lowest BCUT2D eigenvalue weighted by Crippen LogP contribution is -2.45. The highest BCUT2D eigenvalue weighted by molar-refractivity contribution is 6.26. The van der Waals surface area contributed by atoms with Crippen LogP contribution in [0, 0.1) is 0 Å². The number of carbonyl (C=O) groups excluding carboxylic acids is 2. The molecule has 2 saturated carbocycles. The Labute approximate surface area is 129 Å². The van der Waals surface area contributed by atoms with Crippen molar-refractivity contribution >= 4 is 11.6 Å². The van der Waals surface area contributed by atoms with Gasteiger partial charge in [-0.2, -0.15) is 0 Å². The van der Waals surface area contributed by atoms with Gasteiger partial charge in [0.2, 0.25) is 5.78 Å². The number of Topliss-reactive ketones (excluding diaryl/α,β-unsaturated/α-hetero) is 2. The van der Waals surface area contributed by atoms with Crippen molar-refractivity contribution in [2.45, 2.75) is 63.3 Å². The topological polar surface area (TPSA) is 59.3 Å². The number of aliphatic hydroxyl groups is 1. The Morgan fingerprint density at radius 2 is 1.95 bits per heavy atom. The molecule has 0 aromatic carbocycles. The van der Waals surface area contributed by atoms with Crippen LogP contribution >= 0.6 is 0 Å². The number of rotatable bonds is 2. The summed E-state index contributed by atoms with van der Waals surface area (Å²) in [5, 5.41) is 10.8. The molecule has 0 saturated heterocycles. The summed E-state index contributed by atoms with van der Waals surface area (Å²) in [5.41, 5.74) is 1.18. The van der Waals surface area contributed by atoms with Gasteiger partial charge in [-0.05, 0) is 50.2 Å². The fourth-order valence-corrected chi connectivity index (χ4v) is 4.28. The van der Waals surface area contributed by atoms with Gasteiger partial charge >= 0.3 is 0 Å². The lowest BCUT2D eigenvalue weighted by molar-refractivity contribution is -0.113. The minimum Gasteiger partial charge on any atom is -0.509 e. The molecule has 22 heavy (non-hydrogen) atoms. The molecule has 0 bridgehead atoms. The monoisotopic (exact) mass is 299 g/mol. The molecular formula is C18H21NO3. The van der Waals surface area contributed by atoms with E-state index in [-0.39, 0.29) is 22.9 Å². The Morgan fingerprint density at radius 1 is 1.27 bits per heavy atom. The van der Waals surface area contributed by atoms with E-state index in [0.29, 0.717) is 11.6 Å². The summed E-state index contributed by atoms with van der Waals surface area (Å²) < 4.78 is 1.99. The first-order valence-corrected chi connectivity index (χ1v) is 8.27. The minimum atomic E-state index is -0.574. The highest BCUT2D eigenvalue weighted by Gasteiger charge is 2.48. The van der Waals surface area contributed by atoms with Crippen LogP contribution in [-0.4, -0.2) is 21.2 Å². The second-order valence-electron chi connectivity index (χ2n) is 6.97. The molecule has 1 aromatic rings. The van der Waals surface area contributed by atoms with Gasteiger partial charge in [0.1, 0.15) is 16.9 Å². The Balaban J connectivity index is 1.97. The molecule has 4 nitrogen and oxygen atoms in total. The van der Waals surface area contributed by atoms with Crippen molar-refractivity contribution in [3.05, 3.63) is 34.9 Å². The van der Waals surface area contributed by atoms with Gasteiger partial charge in [0.05, 0.1) is 5.69 Å². The SMILES string of the molecule is CC(=O)C1=C(O)C2(CCCCC2)n2ccc(C3CC3)c2C1=O. The number of hydrogen-bond acceptors (Lipinski definition) is 3. The van der Waals surface area contributed by atoms with Crippen molar-refractivity contribution in [2.75, 3.05) is 0 Å². The molecule has 1 spiro atoms. The van der Waals surface area contributed by atoms with E-state index in [2.05, 4.69) is 0 Å². The van der Waals surface area contributed by atoms with Crippen molar-refractivity contribution in [2.24, 2.45) is 0 Å². The van der Waals surface area contributed by atoms with E-state index in [1.54, 1.807) is 0 Å². The maximum absolute atomic E-state index is 12.8. The summed E-state index contributed by atoms with van der Waals surface area (Å²) in [5.74, 6) is -0.140. The quantitative estimate of drug-likeness (QED) is 0.848. The van der Waals surface area contributed by atoms with Crippen LogP contribution in [0.25, 0.3) is 0 Å². The highest BCUT2D eigenvalue weighted by Crippen LogP contribution is 2.49. The highest BCUT2D eigenvalue weighted by atomic mass is 16.3. The standard InChI is InChI=1S/C18H21NO3/c1-11(20)14-16(21)15-13(12-5-6-12)7-10-19(15)18(17(14)22)8-3-2-4-9-18/h7,10,12,22H,2-6,8-9H2,1H3. The molecule has 4 rings (SSSR count). The molecule has 1 N–H and O–H groups in total. The van der Waals surface area contributed by atoms with Gasteiger partial charge in [0.15, 0.2) is 5.78 Å². The van der Waals surface area contributed by atoms with Crippen LogP contribution in [0.2, 0.25) is 0 Å². The summed E-state index contributed by atoms with van der Waals surface area (Å²) in [6.45, 7) is 1.38. The van der Waals surface area contributed by atoms with Crippen LogP contribution in [0.5, 0.6) is 0 Å². The number of allylic oxidation sites excluding steroid dienone is 2. The molecule has 0 radical (unpaired) electrons. The summed E-state index contributed by atoms with van der Waals surface area (Å²) in [6, 6.07) is 2.03. The fraction of sp³-hybridized carbons (Fsp3) is 0.556. The van der Waals surface area contributed by atoms with Gasteiger partial charge in [-0.3, -0.25) is 9.59 Å². The zero-order chi connectivity index (χ0) is 15.5. The van der Waals surface area contributed by atoms with Crippen LogP contribution in [0.4, 0.5) is 0 Å². The molecule has 2 aliphatic carbocycles. The van der Waals surface area contributed by atoms with Gasteiger partial charge in [0, 0.05) is 6.20 Å². The van der Waals surface area contributed by atoms with E-state index < -0.39 is 5.54 Å². The van der Waals surface area contributed by atoms with Gasteiger partial charge in [0.25, 0.3) is 0 Å². The second kappa shape index (κ2) is 4.58. The third kappa shape index (κ3) is 1.70. The van der Waals surface area contributed by atoms with Crippen molar-refractivity contribution in [1.82, 2.24) is 4.57 Å². The molecule has 1 aliphatic heterocycles. The van der Waals surface area contributed by atoms with E-state index >= 15 is 0 Å². The summed E-state index contributed by atoms with van der Waals surface area (Å²) >= 11 is 0. The van der Waals surface area contributed by atoms with Crippen molar-refractivity contribution in [1.29, 1.82) is 0 Å². The molecule has 2 fully saturated rings. The smallest absolute Gasteiger partial charge is 0.216 e. The maximum atomic E-state index is 12.8. The lowest BCUT2D eigenvalue weighted by Gasteiger charge is -2.42. The number of hydrogen-bond donors (Lipinski definition) is 1. The molecule has 4 heteroatoms. The lowest BCUT2D eigenvalue weighted by atomic mass is 9.75. The molecule has 116 valence electrons. The third-order valence-corrected chi connectivity index (χ3v) is 5.55. The van der Waals surface area contributed by atoms with E-state index in [0.717, 1.165) is 50.5 Å². The number of fused-ring (bicyclic) bond motifs is 2. The van der Waals surface area contributed by atoms with Crippen LogP contribution in [0.3, 0.4) is 0 Å². The van der Waals surface area contributed by atoms with Crippen LogP contribution in [0.1, 0.15) is 73.8 Å². The number of nitrogens with zero attached hydrogens (tertiary/aromatic N) is 1. The molecule has 2 heterocycles. The average Bonchev–Trinajstić information content (AvgIpc) is 3.24. The summed E-state index contributed by atoms with van der Waals surface area (Å²) in [6.07, 6.45) is 8.96. The van der Waals surface area contributed by atoms with Crippen LogP contribution < -0.4 is 0 Å². The predicted octanol–water partition coefficient (Wildman–Crippen LogP) is 3.62. The first kappa shape index (κ1) is 13.8. The first-order chi connectivity index (χ1) is 10.6. The Bertz CT molecular complexity index is 700. The molecule has 0 unspecified atom stereocenters. The fourth-order valence-electron chi connectivity index (χ4n) is 4.28. The maximum Gasteiger partial charge on any atom is 0.216 e. The zero-order valence-corrected chi connectivity index (χ0v) is 12.9. The van der Waals surface area contributed by atoms with Crippen molar-refractivity contribution < 1.29 is 14.7 Å². The zero-order valence-electron chi connectivity index (χ0n) is 12.9. The summed E-state index contributed by atoms with van der Waals surface area (Å²) in [7, 11) is 0. The first-order valence-electron chi connectivity index (χ1n) is 8.27. The van der Waals surface area contributed by atoms with E-state index in [1.165, 1.54) is 6.92 Å². The van der Waals surface area contributed by atoms with Crippen molar-refractivity contribution in [3.8, 4) is 0 Å². The van der Waals surface area contributed by atoms with E-state index in [1.807, 2.05) is 16.8 Å². The third-order valence-electron chi connectivity index (χ3n) is 5.55. The van der Waals surface area contributed by atoms with Crippen LogP contribution in [0.15, 0.2) is 23.6 Å². The predicted molar refractivity (Wildman–Crippen MR) is 82.1 cm³/mol. The van der Waals surface area contributed by atoms with E-state index in [4.69, 9.17) is 0 Å². The van der Waals surface area contributed by atoms with Gasteiger partial charge in [-0.25, -0.2) is 0 Å². The Kier molecular flexibility index (Phi) is 2.87. The number of aliphatic hydroxyl groups excluding tert-OH is 1. The molecule has 0 amide bonds. The second-order valence-corrected chi connectivity index (χ2v) is 6.97. The van der Waals surface area contributed by atoms with Crippen LogP contribution in [-0.2, 0) is 10.3 Å². The number of carbonyl (C=O) groups is 2. The normalized spacial score (nSPS) is 23.8. The largest absolute Gasteiger partial charge is 0.509 e. The molecule has 0 atom stereocenters. The number of ketones is 2. The molecule has 3 aliphatic rings. The average molecular weight is 299 g/mol. The number of aromatic nitrogens is 1. The Hall–Kier alpha value is -1.84. The van der Waals surface area contributed by atoms with E-state index in [9.17, 15) is 14.7 Å². The summed E-state index contributed by atoms with van der Waals surface area (Å²) in [4.78, 5) is 24.9. The molecular weight excluding hydrogens is 278 g/mol. The van der Waals surface area contributed by atoms with Gasteiger partial charge in [-0.1, -0.05) is 19.3 Å². The Morgan fingerprint density at radius 3 is 2.55 bits per heavy atom. The minimum absolute atomic E-state index is 0.00940. The molecule has 1 aromatic heterocycles. The van der Waals surface area contributed by atoms with Crippen molar-refractivity contribution in [3.63, 3.8) is 0 Å². The van der Waals surface area contributed by atoms with Gasteiger partial charge in [-0.15, -0.1) is 0 Å². The van der Waals surface area contributed by atoms with Gasteiger partial charge < -0.3 is 9.67 Å².